The number of amides is 1. The maximum atomic E-state index is 12.9. The molecule has 4 heterocycles. The van der Waals surface area contributed by atoms with Crippen molar-refractivity contribution in [1.29, 1.82) is 0 Å². The highest BCUT2D eigenvalue weighted by Crippen LogP contribution is 2.20. The quantitative estimate of drug-likeness (QED) is 0.738. The van der Waals surface area contributed by atoms with Crippen molar-refractivity contribution in [3.05, 3.63) is 42.5 Å². The van der Waals surface area contributed by atoms with Gasteiger partial charge in [-0.05, 0) is 24.8 Å². The van der Waals surface area contributed by atoms with Crippen molar-refractivity contribution < 1.29 is 19.0 Å². The molecule has 29 heavy (non-hydrogen) atoms. The minimum atomic E-state index is 0.00118. The van der Waals surface area contributed by atoms with Crippen molar-refractivity contribution in [1.82, 2.24) is 19.9 Å². The van der Waals surface area contributed by atoms with Crippen LogP contribution in [0.5, 0.6) is 11.8 Å². The largest absolute Gasteiger partial charge is 0.477 e. The SMILES string of the molecule is O=C(c1ccnc(OCC2CCOCC2)c1)N1CCC(Oc2cnccn2)CC1. The minimum absolute atomic E-state index is 0.00118. The van der Waals surface area contributed by atoms with Crippen molar-refractivity contribution in [2.75, 3.05) is 32.9 Å². The Balaban J connectivity index is 1.28. The maximum absolute atomic E-state index is 12.9. The highest BCUT2D eigenvalue weighted by Gasteiger charge is 2.25. The molecule has 0 unspecified atom stereocenters. The average molecular weight is 398 g/mol. The lowest BCUT2D eigenvalue weighted by Gasteiger charge is -2.32. The molecule has 0 aromatic carbocycles. The van der Waals surface area contributed by atoms with E-state index in [1.54, 1.807) is 36.9 Å². The molecule has 0 radical (unpaired) electrons. The van der Waals surface area contributed by atoms with Gasteiger partial charge in [-0.15, -0.1) is 0 Å². The normalized spacial score (nSPS) is 18.4. The molecule has 2 saturated heterocycles. The first kappa shape index (κ1) is 19.6. The van der Waals surface area contributed by atoms with E-state index in [0.29, 0.717) is 42.9 Å². The summed E-state index contributed by atoms with van der Waals surface area (Å²) in [7, 11) is 0. The third kappa shape index (κ3) is 5.41. The highest BCUT2D eigenvalue weighted by atomic mass is 16.5. The van der Waals surface area contributed by atoms with Gasteiger partial charge in [-0.2, -0.15) is 0 Å². The summed E-state index contributed by atoms with van der Waals surface area (Å²) < 4.78 is 17.1. The van der Waals surface area contributed by atoms with E-state index >= 15 is 0 Å². The summed E-state index contributed by atoms with van der Waals surface area (Å²) in [6, 6.07) is 3.48. The third-order valence-electron chi connectivity index (χ3n) is 5.35. The molecule has 2 fully saturated rings. The van der Waals surface area contributed by atoms with Gasteiger partial charge in [0.2, 0.25) is 11.8 Å². The van der Waals surface area contributed by atoms with Crippen LogP contribution in [0.2, 0.25) is 0 Å². The van der Waals surface area contributed by atoms with Crippen LogP contribution >= 0.6 is 0 Å². The van der Waals surface area contributed by atoms with Gasteiger partial charge < -0.3 is 19.1 Å². The van der Waals surface area contributed by atoms with Crippen LogP contribution in [-0.2, 0) is 4.74 Å². The smallest absolute Gasteiger partial charge is 0.254 e. The molecule has 8 nitrogen and oxygen atoms in total. The molecule has 8 heteroatoms. The lowest BCUT2D eigenvalue weighted by molar-refractivity contribution is 0.0489. The molecule has 0 bridgehead atoms. The average Bonchev–Trinajstić information content (AvgIpc) is 2.79. The third-order valence-corrected chi connectivity index (χ3v) is 5.35. The van der Waals surface area contributed by atoms with Gasteiger partial charge in [0.15, 0.2) is 0 Å². The van der Waals surface area contributed by atoms with Crippen LogP contribution < -0.4 is 9.47 Å². The number of carbonyl (C=O) groups is 1. The summed E-state index contributed by atoms with van der Waals surface area (Å²) in [4.78, 5) is 27.1. The Morgan fingerprint density at radius 3 is 2.62 bits per heavy atom. The fourth-order valence-electron chi connectivity index (χ4n) is 3.61. The van der Waals surface area contributed by atoms with Gasteiger partial charge in [-0.3, -0.25) is 9.78 Å². The van der Waals surface area contributed by atoms with E-state index in [2.05, 4.69) is 15.0 Å². The first-order chi connectivity index (χ1) is 14.3. The van der Waals surface area contributed by atoms with E-state index in [9.17, 15) is 4.79 Å². The fourth-order valence-corrected chi connectivity index (χ4v) is 3.61. The lowest BCUT2D eigenvalue weighted by atomic mass is 10.0. The Labute approximate surface area is 170 Å². The molecule has 2 aliphatic rings. The predicted octanol–water partition coefficient (Wildman–Crippen LogP) is 2.36. The van der Waals surface area contributed by atoms with E-state index in [1.165, 1.54) is 0 Å². The summed E-state index contributed by atoms with van der Waals surface area (Å²) in [6.45, 7) is 3.47. The molecule has 2 aromatic rings. The number of rotatable bonds is 6. The first-order valence-corrected chi connectivity index (χ1v) is 10.2. The van der Waals surface area contributed by atoms with Crippen LogP contribution in [0.25, 0.3) is 0 Å². The molecule has 1 amide bonds. The molecule has 4 rings (SSSR count). The number of likely N-dealkylation sites (tertiary alicyclic amines) is 1. The van der Waals surface area contributed by atoms with Crippen LogP contribution in [0.3, 0.4) is 0 Å². The number of pyridine rings is 1. The van der Waals surface area contributed by atoms with E-state index in [0.717, 1.165) is 38.9 Å². The van der Waals surface area contributed by atoms with Gasteiger partial charge >= 0.3 is 0 Å². The van der Waals surface area contributed by atoms with Gasteiger partial charge in [0.1, 0.15) is 6.10 Å². The number of hydrogen-bond acceptors (Lipinski definition) is 7. The van der Waals surface area contributed by atoms with Gasteiger partial charge in [0.05, 0.1) is 12.8 Å². The Morgan fingerprint density at radius 1 is 1.07 bits per heavy atom. The number of piperidine rings is 1. The molecule has 0 atom stereocenters. The van der Waals surface area contributed by atoms with Crippen molar-refractivity contribution in [3.8, 4) is 11.8 Å². The molecule has 0 spiro atoms. The number of ether oxygens (including phenoxy) is 3. The Bertz CT molecular complexity index is 790. The van der Waals surface area contributed by atoms with Crippen LogP contribution in [-0.4, -0.2) is 64.8 Å². The van der Waals surface area contributed by atoms with Crippen molar-refractivity contribution in [2.45, 2.75) is 31.8 Å². The highest BCUT2D eigenvalue weighted by molar-refractivity contribution is 5.94. The Kier molecular flexibility index (Phi) is 6.51. The minimum Gasteiger partial charge on any atom is -0.477 e. The van der Waals surface area contributed by atoms with Crippen LogP contribution in [0, 0.1) is 5.92 Å². The Morgan fingerprint density at radius 2 is 1.86 bits per heavy atom. The topological polar surface area (TPSA) is 86.7 Å². The van der Waals surface area contributed by atoms with E-state index in [-0.39, 0.29) is 12.0 Å². The molecule has 0 N–H and O–H groups in total. The zero-order valence-corrected chi connectivity index (χ0v) is 16.4. The zero-order chi connectivity index (χ0) is 19.9. The van der Waals surface area contributed by atoms with Crippen LogP contribution in [0.1, 0.15) is 36.0 Å². The first-order valence-electron chi connectivity index (χ1n) is 10.2. The molecular formula is C21H26N4O4. The second-order valence-electron chi connectivity index (χ2n) is 7.40. The second-order valence-corrected chi connectivity index (χ2v) is 7.40. The predicted molar refractivity (Wildman–Crippen MR) is 105 cm³/mol. The zero-order valence-electron chi connectivity index (χ0n) is 16.4. The van der Waals surface area contributed by atoms with Crippen molar-refractivity contribution in [2.24, 2.45) is 5.92 Å². The van der Waals surface area contributed by atoms with Gasteiger partial charge in [0, 0.05) is 69.4 Å². The van der Waals surface area contributed by atoms with E-state index in [4.69, 9.17) is 14.2 Å². The standard InChI is InChI=1S/C21H26N4O4/c26-21(25-9-2-18(3-10-25)29-20-14-22-7-8-24-20)17-1-6-23-19(13-17)28-15-16-4-11-27-12-5-16/h1,6-8,13-14,16,18H,2-5,9-12,15H2. The van der Waals surface area contributed by atoms with Crippen molar-refractivity contribution >= 4 is 5.91 Å². The second kappa shape index (κ2) is 9.65. The van der Waals surface area contributed by atoms with Crippen molar-refractivity contribution in [3.63, 3.8) is 0 Å². The van der Waals surface area contributed by atoms with Gasteiger partial charge in [0.25, 0.3) is 5.91 Å². The van der Waals surface area contributed by atoms with E-state index in [1.807, 2.05) is 4.90 Å². The summed E-state index contributed by atoms with van der Waals surface area (Å²) >= 11 is 0. The summed E-state index contributed by atoms with van der Waals surface area (Å²) in [5.74, 6) is 1.51. The Hall–Kier alpha value is -2.74. The monoisotopic (exact) mass is 398 g/mol. The number of carbonyl (C=O) groups excluding carboxylic acids is 1. The number of nitrogens with zero attached hydrogens (tertiary/aromatic N) is 4. The molecule has 2 aliphatic heterocycles. The number of hydrogen-bond donors (Lipinski definition) is 0. The lowest BCUT2D eigenvalue weighted by Crippen LogP contribution is -2.41. The van der Waals surface area contributed by atoms with Crippen LogP contribution in [0.4, 0.5) is 0 Å². The summed E-state index contributed by atoms with van der Waals surface area (Å²) in [6.07, 6.45) is 10.1. The summed E-state index contributed by atoms with van der Waals surface area (Å²) in [5, 5.41) is 0. The fraction of sp³-hybridized carbons (Fsp3) is 0.524. The van der Waals surface area contributed by atoms with Gasteiger partial charge in [-0.1, -0.05) is 0 Å². The maximum Gasteiger partial charge on any atom is 0.254 e. The molecular weight excluding hydrogens is 372 g/mol. The summed E-state index contributed by atoms with van der Waals surface area (Å²) in [5.41, 5.74) is 0.607. The van der Waals surface area contributed by atoms with Crippen LogP contribution in [0.15, 0.2) is 36.9 Å². The molecule has 154 valence electrons. The molecule has 2 aromatic heterocycles. The number of aromatic nitrogens is 3. The molecule has 0 aliphatic carbocycles. The van der Waals surface area contributed by atoms with Gasteiger partial charge in [-0.25, -0.2) is 9.97 Å². The molecule has 0 saturated carbocycles. The van der Waals surface area contributed by atoms with E-state index < -0.39 is 0 Å².